The van der Waals surface area contributed by atoms with E-state index in [1.165, 1.54) is 6.07 Å². The van der Waals surface area contributed by atoms with Crippen LogP contribution in [-0.4, -0.2) is 30.0 Å². The Kier molecular flexibility index (Phi) is 3.64. The summed E-state index contributed by atoms with van der Waals surface area (Å²) in [4.78, 5) is 0. The number of halogens is 1. The van der Waals surface area contributed by atoms with Gasteiger partial charge in [0, 0.05) is 5.92 Å². The summed E-state index contributed by atoms with van der Waals surface area (Å²) in [5.41, 5.74) is 1.18. The van der Waals surface area contributed by atoms with Crippen molar-refractivity contribution in [2.24, 2.45) is 5.92 Å². The van der Waals surface area contributed by atoms with Crippen molar-refractivity contribution in [2.75, 3.05) is 19.8 Å². The average Bonchev–Trinajstić information content (AvgIpc) is 2.31. The highest BCUT2D eigenvalue weighted by atomic mass is 19.1. The Morgan fingerprint density at radius 2 is 2.12 bits per heavy atom. The molecule has 1 aliphatic rings. The molecule has 0 bridgehead atoms. The molecule has 0 aliphatic carbocycles. The zero-order valence-electron chi connectivity index (χ0n) is 9.82. The SMILES string of the molecule is CC1COc2cc(C(CO)CO)c(F)cc2C1. The fraction of sp³-hybridized carbons (Fsp3) is 0.538. The molecule has 17 heavy (non-hydrogen) atoms. The number of rotatable bonds is 3. The van der Waals surface area contributed by atoms with Crippen LogP contribution in [-0.2, 0) is 6.42 Å². The Bertz CT molecular complexity index is 402. The predicted octanol–water partition coefficient (Wildman–Crippen LogP) is 1.46. The first kappa shape index (κ1) is 12.3. The lowest BCUT2D eigenvalue weighted by Crippen LogP contribution is -2.19. The minimum absolute atomic E-state index is 0.275. The van der Waals surface area contributed by atoms with E-state index in [0.29, 0.717) is 23.8 Å². The van der Waals surface area contributed by atoms with Crippen LogP contribution in [0.1, 0.15) is 24.0 Å². The van der Waals surface area contributed by atoms with Gasteiger partial charge in [-0.2, -0.15) is 0 Å². The van der Waals surface area contributed by atoms with Crippen LogP contribution in [0.4, 0.5) is 4.39 Å². The second kappa shape index (κ2) is 5.02. The lowest BCUT2D eigenvalue weighted by atomic mass is 9.93. The third kappa shape index (κ3) is 2.42. The van der Waals surface area contributed by atoms with Crippen molar-refractivity contribution in [3.8, 4) is 5.75 Å². The summed E-state index contributed by atoms with van der Waals surface area (Å²) < 4.78 is 19.4. The Hall–Kier alpha value is -1.13. The molecule has 1 aromatic carbocycles. The van der Waals surface area contributed by atoms with Crippen LogP contribution >= 0.6 is 0 Å². The van der Waals surface area contributed by atoms with E-state index in [-0.39, 0.29) is 19.0 Å². The molecule has 94 valence electrons. The summed E-state index contributed by atoms with van der Waals surface area (Å²) >= 11 is 0. The number of hydrogen-bond acceptors (Lipinski definition) is 3. The maximum absolute atomic E-state index is 13.9. The summed E-state index contributed by atoms with van der Waals surface area (Å²) in [5.74, 6) is 0.100. The molecule has 1 atom stereocenters. The maximum Gasteiger partial charge on any atom is 0.127 e. The third-order valence-corrected chi connectivity index (χ3v) is 3.15. The maximum atomic E-state index is 13.9. The largest absolute Gasteiger partial charge is 0.493 e. The molecule has 1 aliphatic heterocycles. The Morgan fingerprint density at radius 3 is 2.76 bits per heavy atom. The van der Waals surface area contributed by atoms with E-state index in [0.717, 1.165) is 12.0 Å². The highest BCUT2D eigenvalue weighted by Crippen LogP contribution is 2.32. The van der Waals surface area contributed by atoms with Crippen LogP contribution in [0, 0.1) is 11.7 Å². The van der Waals surface area contributed by atoms with Crippen LogP contribution in [0.5, 0.6) is 5.75 Å². The first-order valence-corrected chi connectivity index (χ1v) is 5.82. The minimum atomic E-state index is -0.580. The number of fused-ring (bicyclic) bond motifs is 1. The molecule has 3 nitrogen and oxygen atoms in total. The van der Waals surface area contributed by atoms with Gasteiger partial charge >= 0.3 is 0 Å². The predicted molar refractivity (Wildman–Crippen MR) is 61.7 cm³/mol. The molecular weight excluding hydrogens is 223 g/mol. The monoisotopic (exact) mass is 240 g/mol. The Morgan fingerprint density at radius 1 is 1.41 bits per heavy atom. The summed E-state index contributed by atoms with van der Waals surface area (Å²) in [5, 5.41) is 18.2. The van der Waals surface area contributed by atoms with Crippen LogP contribution in [0.3, 0.4) is 0 Å². The highest BCUT2D eigenvalue weighted by molar-refractivity contribution is 5.41. The van der Waals surface area contributed by atoms with Gasteiger partial charge in [0.15, 0.2) is 0 Å². The molecule has 0 radical (unpaired) electrons. The third-order valence-electron chi connectivity index (χ3n) is 3.15. The van der Waals surface area contributed by atoms with Crippen LogP contribution in [0.15, 0.2) is 12.1 Å². The molecular formula is C13H17FO3. The van der Waals surface area contributed by atoms with E-state index in [2.05, 4.69) is 6.92 Å². The van der Waals surface area contributed by atoms with Gasteiger partial charge in [-0.3, -0.25) is 0 Å². The molecule has 0 amide bonds. The number of ether oxygens (including phenoxy) is 1. The lowest BCUT2D eigenvalue weighted by Gasteiger charge is -2.24. The molecule has 0 fully saturated rings. The van der Waals surface area contributed by atoms with Crippen molar-refractivity contribution in [1.29, 1.82) is 0 Å². The van der Waals surface area contributed by atoms with E-state index in [1.54, 1.807) is 6.07 Å². The number of aliphatic hydroxyl groups is 2. The van der Waals surface area contributed by atoms with E-state index in [1.807, 2.05) is 0 Å². The highest BCUT2D eigenvalue weighted by Gasteiger charge is 2.22. The molecule has 1 unspecified atom stereocenters. The fourth-order valence-corrected chi connectivity index (χ4v) is 2.14. The van der Waals surface area contributed by atoms with Crippen molar-refractivity contribution in [2.45, 2.75) is 19.3 Å². The molecule has 2 rings (SSSR count). The average molecular weight is 240 g/mol. The van der Waals surface area contributed by atoms with Gasteiger partial charge in [0.05, 0.1) is 19.8 Å². The quantitative estimate of drug-likeness (QED) is 0.841. The topological polar surface area (TPSA) is 49.7 Å². The molecule has 0 aromatic heterocycles. The van der Waals surface area contributed by atoms with Gasteiger partial charge in [0.1, 0.15) is 11.6 Å². The molecule has 1 heterocycles. The first-order chi connectivity index (χ1) is 8.15. The molecule has 4 heteroatoms. The minimum Gasteiger partial charge on any atom is -0.493 e. The normalized spacial score (nSPS) is 19.0. The molecule has 0 saturated heterocycles. The molecule has 2 N–H and O–H groups in total. The van der Waals surface area contributed by atoms with E-state index < -0.39 is 5.92 Å². The fourth-order valence-electron chi connectivity index (χ4n) is 2.14. The van der Waals surface area contributed by atoms with Gasteiger partial charge in [-0.1, -0.05) is 6.92 Å². The van der Waals surface area contributed by atoms with Crippen molar-refractivity contribution >= 4 is 0 Å². The Balaban J connectivity index is 2.37. The van der Waals surface area contributed by atoms with Crippen molar-refractivity contribution < 1.29 is 19.3 Å². The summed E-state index contributed by atoms with van der Waals surface area (Å²) in [6.45, 7) is 2.13. The van der Waals surface area contributed by atoms with E-state index in [9.17, 15) is 4.39 Å². The van der Waals surface area contributed by atoms with Crippen molar-refractivity contribution in [3.05, 3.63) is 29.1 Å². The van der Waals surface area contributed by atoms with Gasteiger partial charge < -0.3 is 14.9 Å². The van der Waals surface area contributed by atoms with Crippen LogP contribution in [0.2, 0.25) is 0 Å². The van der Waals surface area contributed by atoms with Gasteiger partial charge in [0.2, 0.25) is 0 Å². The van der Waals surface area contributed by atoms with Crippen molar-refractivity contribution in [1.82, 2.24) is 0 Å². The second-order valence-corrected chi connectivity index (χ2v) is 4.66. The summed E-state index contributed by atoms with van der Waals surface area (Å²) in [6, 6.07) is 3.06. The van der Waals surface area contributed by atoms with Gasteiger partial charge in [-0.25, -0.2) is 4.39 Å². The standard InChI is InChI=1S/C13H17FO3/c1-8-2-9-3-12(14)11(10(5-15)6-16)4-13(9)17-7-8/h3-4,8,10,15-16H,2,5-7H2,1H3. The lowest BCUT2D eigenvalue weighted by molar-refractivity contribution is 0.188. The number of aliphatic hydroxyl groups excluding tert-OH is 2. The Labute approximate surface area is 99.8 Å². The van der Waals surface area contributed by atoms with E-state index >= 15 is 0 Å². The summed E-state index contributed by atoms with van der Waals surface area (Å²) in [7, 11) is 0. The van der Waals surface area contributed by atoms with Crippen LogP contribution < -0.4 is 4.74 Å². The molecule has 1 aromatic rings. The summed E-state index contributed by atoms with van der Waals surface area (Å²) in [6.07, 6.45) is 0.801. The van der Waals surface area contributed by atoms with Gasteiger partial charge in [-0.15, -0.1) is 0 Å². The molecule has 0 spiro atoms. The van der Waals surface area contributed by atoms with E-state index in [4.69, 9.17) is 14.9 Å². The second-order valence-electron chi connectivity index (χ2n) is 4.66. The zero-order chi connectivity index (χ0) is 12.4. The van der Waals surface area contributed by atoms with Gasteiger partial charge in [-0.05, 0) is 35.6 Å². The smallest absolute Gasteiger partial charge is 0.127 e. The first-order valence-electron chi connectivity index (χ1n) is 5.82. The van der Waals surface area contributed by atoms with Crippen molar-refractivity contribution in [3.63, 3.8) is 0 Å². The zero-order valence-corrected chi connectivity index (χ0v) is 9.82. The van der Waals surface area contributed by atoms with Crippen LogP contribution in [0.25, 0.3) is 0 Å². The number of benzene rings is 1. The van der Waals surface area contributed by atoms with Gasteiger partial charge in [0.25, 0.3) is 0 Å². The molecule has 0 saturated carbocycles. The number of hydrogen-bond donors (Lipinski definition) is 2.